The van der Waals surface area contributed by atoms with Crippen LogP contribution in [0.15, 0.2) is 0 Å². The molecule has 0 aromatic heterocycles. The van der Waals surface area contributed by atoms with Gasteiger partial charge in [0, 0.05) is 32.7 Å². The molecule has 0 aromatic carbocycles. The van der Waals surface area contributed by atoms with Gasteiger partial charge in [0.25, 0.3) is 5.91 Å². The van der Waals surface area contributed by atoms with Crippen LogP contribution < -0.4 is 16.5 Å². The molecule has 17 nitrogen and oxygen atoms in total. The molecule has 1 unspecified atom stereocenters. The number of nitrogens with two attached hydrogens (primary N) is 1. The van der Waals surface area contributed by atoms with E-state index in [1.807, 2.05) is 13.8 Å². The summed E-state index contributed by atoms with van der Waals surface area (Å²) in [7, 11) is 0. The zero-order chi connectivity index (χ0) is 32.8. The van der Waals surface area contributed by atoms with Crippen LogP contribution in [0.3, 0.4) is 0 Å². The van der Waals surface area contributed by atoms with Crippen LogP contribution in [0, 0.1) is 5.92 Å². The normalized spacial score (nSPS) is 12.1. The fourth-order valence-corrected chi connectivity index (χ4v) is 3.98. The van der Waals surface area contributed by atoms with Crippen molar-refractivity contribution in [2.24, 2.45) is 11.7 Å². The number of carboxylic acids is 4. The van der Waals surface area contributed by atoms with Gasteiger partial charge < -0.3 is 31.5 Å². The van der Waals surface area contributed by atoms with Crippen molar-refractivity contribution >= 4 is 35.7 Å². The molecule has 0 saturated heterocycles. The highest BCUT2D eigenvalue weighted by atomic mass is 16.6. The first-order valence-corrected chi connectivity index (χ1v) is 14.2. The molecule has 0 rings (SSSR count). The molecule has 0 aliphatic heterocycles. The molecule has 0 fully saturated rings. The van der Waals surface area contributed by atoms with E-state index in [1.165, 1.54) is 9.80 Å². The highest BCUT2D eigenvalue weighted by Crippen LogP contribution is 2.03. The number of hydroxylamine groups is 1. The number of aliphatic carboxylic acids is 4. The first kappa shape index (κ1) is 39.6. The van der Waals surface area contributed by atoms with Crippen LogP contribution in [-0.2, 0) is 33.6 Å². The van der Waals surface area contributed by atoms with Gasteiger partial charge in [-0.2, -0.15) is 0 Å². The Morgan fingerprint density at radius 3 is 1.56 bits per heavy atom. The van der Waals surface area contributed by atoms with Crippen molar-refractivity contribution in [3.8, 4) is 0 Å². The van der Waals surface area contributed by atoms with Crippen molar-refractivity contribution in [1.82, 2.24) is 25.5 Å². The molecule has 17 heteroatoms. The number of unbranched alkanes of at least 4 members (excludes halogenated alkanes) is 3. The first-order chi connectivity index (χ1) is 20.2. The molecular formula is C26H48N6O11. The fourth-order valence-electron chi connectivity index (χ4n) is 3.98. The lowest BCUT2D eigenvalue weighted by atomic mass is 10.0. The summed E-state index contributed by atoms with van der Waals surface area (Å²) in [6.07, 6.45) is 3.50. The molecule has 0 aliphatic carbocycles. The summed E-state index contributed by atoms with van der Waals surface area (Å²) in [4.78, 5) is 77.9. The minimum absolute atomic E-state index is 0.00404. The van der Waals surface area contributed by atoms with E-state index in [0.29, 0.717) is 38.3 Å². The van der Waals surface area contributed by atoms with Gasteiger partial charge in [-0.15, -0.1) is 0 Å². The van der Waals surface area contributed by atoms with Gasteiger partial charge in [-0.3, -0.25) is 48.3 Å². The van der Waals surface area contributed by atoms with Gasteiger partial charge in [-0.1, -0.05) is 26.7 Å². The first-order valence-electron chi connectivity index (χ1n) is 14.2. The van der Waals surface area contributed by atoms with E-state index < -0.39 is 56.1 Å². The molecular weight excluding hydrogens is 572 g/mol. The van der Waals surface area contributed by atoms with Crippen LogP contribution in [0.1, 0.15) is 46.0 Å². The van der Waals surface area contributed by atoms with E-state index in [9.17, 15) is 28.8 Å². The topological polar surface area (TPSA) is 252 Å². The van der Waals surface area contributed by atoms with Crippen LogP contribution >= 0.6 is 0 Å². The summed E-state index contributed by atoms with van der Waals surface area (Å²) in [5.41, 5.74) is 8.12. The van der Waals surface area contributed by atoms with E-state index >= 15 is 0 Å². The summed E-state index contributed by atoms with van der Waals surface area (Å²) in [6.45, 7) is 2.54. The van der Waals surface area contributed by atoms with Crippen molar-refractivity contribution in [2.45, 2.75) is 52.0 Å². The number of amides is 2. The summed E-state index contributed by atoms with van der Waals surface area (Å²) in [5.74, 6) is -5.30. The Hall–Kier alpha value is -3.38. The minimum atomic E-state index is -1.22. The van der Waals surface area contributed by atoms with Gasteiger partial charge in [0.05, 0.1) is 45.4 Å². The lowest BCUT2D eigenvalue weighted by Gasteiger charge is -2.28. The number of nitrogens with zero attached hydrogens (tertiary/aromatic N) is 3. The Balaban J connectivity index is 4.70. The molecule has 0 saturated carbocycles. The number of hydrogen-bond acceptors (Lipinski definition) is 11. The molecule has 0 heterocycles. The molecule has 8 N–H and O–H groups in total. The summed E-state index contributed by atoms with van der Waals surface area (Å²) in [5, 5.41) is 39.0. The monoisotopic (exact) mass is 620 g/mol. The molecule has 0 aromatic rings. The third-order valence-electron chi connectivity index (χ3n) is 6.00. The predicted molar refractivity (Wildman–Crippen MR) is 153 cm³/mol. The van der Waals surface area contributed by atoms with Crippen LogP contribution in [-0.4, -0.2) is 149 Å². The Morgan fingerprint density at radius 2 is 1.12 bits per heavy atom. The maximum Gasteiger partial charge on any atom is 0.317 e. The second-order valence-electron chi connectivity index (χ2n) is 10.6. The quantitative estimate of drug-likeness (QED) is 0.0400. The molecule has 0 spiro atoms. The van der Waals surface area contributed by atoms with Crippen molar-refractivity contribution in [3.63, 3.8) is 0 Å². The van der Waals surface area contributed by atoms with Crippen molar-refractivity contribution in [2.75, 3.05) is 72.1 Å². The lowest BCUT2D eigenvalue weighted by molar-refractivity contribution is -0.143. The maximum absolute atomic E-state index is 12.6. The average Bonchev–Trinajstić information content (AvgIpc) is 2.87. The Bertz CT molecular complexity index is 818. The molecule has 0 aliphatic rings. The van der Waals surface area contributed by atoms with Crippen LogP contribution in [0.2, 0.25) is 0 Å². The smallest absolute Gasteiger partial charge is 0.317 e. The number of hydrogen-bond donors (Lipinski definition) is 7. The summed E-state index contributed by atoms with van der Waals surface area (Å²) >= 11 is 0. The molecule has 2 amide bonds. The second-order valence-corrected chi connectivity index (χ2v) is 10.6. The van der Waals surface area contributed by atoms with Gasteiger partial charge in [-0.05, 0) is 25.2 Å². The van der Waals surface area contributed by atoms with Crippen LogP contribution in [0.4, 0.5) is 0 Å². The van der Waals surface area contributed by atoms with E-state index in [2.05, 4.69) is 10.8 Å². The van der Waals surface area contributed by atoms with Crippen LogP contribution in [0.25, 0.3) is 0 Å². The lowest BCUT2D eigenvalue weighted by Crippen LogP contribution is -2.47. The van der Waals surface area contributed by atoms with Crippen molar-refractivity contribution in [1.29, 1.82) is 0 Å². The third-order valence-corrected chi connectivity index (χ3v) is 6.00. The Labute approximate surface area is 251 Å². The SMILES string of the molecule is CC(C)CC(N)C(=O)NOCCCCCCNC(=O)CN(CCN(CC(=O)O)CC(=O)O)CCN(CC(=O)O)CC(=O)O. The summed E-state index contributed by atoms with van der Waals surface area (Å²) in [6, 6.07) is -0.624. The Morgan fingerprint density at radius 1 is 0.674 bits per heavy atom. The number of carbonyl (C=O) groups is 6. The minimum Gasteiger partial charge on any atom is -0.480 e. The Kier molecular flexibility index (Phi) is 21.3. The molecule has 43 heavy (non-hydrogen) atoms. The van der Waals surface area contributed by atoms with Crippen molar-refractivity contribution in [3.05, 3.63) is 0 Å². The largest absolute Gasteiger partial charge is 0.480 e. The zero-order valence-corrected chi connectivity index (χ0v) is 25.0. The number of carbonyl (C=O) groups excluding carboxylic acids is 2. The fraction of sp³-hybridized carbons (Fsp3) is 0.769. The van der Waals surface area contributed by atoms with E-state index in [4.69, 9.17) is 31.0 Å². The number of nitrogens with one attached hydrogen (secondary N) is 2. The van der Waals surface area contributed by atoms with E-state index in [1.54, 1.807) is 4.90 Å². The van der Waals surface area contributed by atoms with E-state index in [-0.39, 0.29) is 44.5 Å². The highest BCUT2D eigenvalue weighted by Gasteiger charge is 2.19. The molecule has 0 bridgehead atoms. The predicted octanol–water partition coefficient (Wildman–Crippen LogP) is -1.67. The van der Waals surface area contributed by atoms with Crippen LogP contribution in [0.5, 0.6) is 0 Å². The number of rotatable bonds is 27. The van der Waals surface area contributed by atoms with Gasteiger partial charge in [0.15, 0.2) is 0 Å². The van der Waals surface area contributed by atoms with Gasteiger partial charge >= 0.3 is 23.9 Å². The number of carboxylic acid groups (broad SMARTS) is 4. The third kappa shape index (κ3) is 23.8. The zero-order valence-electron chi connectivity index (χ0n) is 25.0. The van der Waals surface area contributed by atoms with Gasteiger partial charge in [-0.25, -0.2) is 5.48 Å². The van der Waals surface area contributed by atoms with Crippen molar-refractivity contribution < 1.29 is 54.0 Å². The van der Waals surface area contributed by atoms with Gasteiger partial charge in [0.1, 0.15) is 0 Å². The van der Waals surface area contributed by atoms with Gasteiger partial charge in [0.2, 0.25) is 5.91 Å². The summed E-state index contributed by atoms with van der Waals surface area (Å²) < 4.78 is 0. The van der Waals surface area contributed by atoms with E-state index in [0.717, 1.165) is 12.8 Å². The standard InChI is InChI=1S/C26H48N6O11/c1-19(2)13-20(27)26(42)29-43-12-6-4-3-5-7-28-21(33)14-30(8-10-31(15-22(34)35)16-23(36)37)9-11-32(17-24(38)39)18-25(40)41/h19-20H,3-18,27H2,1-2H3,(H,28,33)(H,29,42)(H,34,35)(H,36,37)(H,38,39)(H,40,41). The molecule has 248 valence electrons. The molecule has 0 radical (unpaired) electrons. The maximum atomic E-state index is 12.6. The molecule has 1 atom stereocenters. The average molecular weight is 621 g/mol. The second kappa shape index (κ2) is 23.1. The highest BCUT2D eigenvalue weighted by molar-refractivity contribution is 5.80.